The predicted octanol–water partition coefficient (Wildman–Crippen LogP) is 1.78. The van der Waals surface area contributed by atoms with Crippen LogP contribution in [0.1, 0.15) is 54.0 Å². The molecule has 1 amide bonds. The van der Waals surface area contributed by atoms with E-state index in [1.807, 2.05) is 0 Å². The van der Waals surface area contributed by atoms with Crippen molar-refractivity contribution in [2.24, 2.45) is 29.4 Å². The second-order valence-electron chi connectivity index (χ2n) is 12.6. The molecule has 0 radical (unpaired) electrons. The molecule has 0 heterocycles. The minimum Gasteiger partial charge on any atom is -0.505 e. The van der Waals surface area contributed by atoms with Crippen LogP contribution in [0.2, 0.25) is 0 Å². The van der Waals surface area contributed by atoms with E-state index < -0.39 is 95.5 Å². The number of ketones is 4. The second kappa shape index (κ2) is 12.9. The summed E-state index contributed by atoms with van der Waals surface area (Å²) >= 11 is 0. The molecule has 9 atom stereocenters. The third-order valence-corrected chi connectivity index (χ3v) is 12.1. The summed E-state index contributed by atoms with van der Waals surface area (Å²) in [6.07, 6.45) is -1.75. The number of phenolic OH excluding ortho intramolecular Hbond substituents is 1. The summed E-state index contributed by atoms with van der Waals surface area (Å²) in [6, 6.07) is 10.1. The van der Waals surface area contributed by atoms with Crippen molar-refractivity contribution in [1.29, 1.82) is 0 Å². The average molecular weight is 686 g/mol. The number of nitrogens with two attached hydrogens (primary N) is 1. The minimum atomic E-state index is -3.93. The van der Waals surface area contributed by atoms with Crippen LogP contribution in [0.4, 0.5) is 5.69 Å². The summed E-state index contributed by atoms with van der Waals surface area (Å²) < 4.78 is 25.2. The summed E-state index contributed by atoms with van der Waals surface area (Å²) in [5, 5.41) is 38.3. The number of amides is 1. The van der Waals surface area contributed by atoms with Crippen LogP contribution in [0.3, 0.4) is 0 Å². The molecule has 48 heavy (non-hydrogen) atoms. The highest BCUT2D eigenvalue weighted by molar-refractivity contribution is 7.54. The number of nitrogens with zero attached hydrogens (tertiary/aromatic N) is 1. The number of primary amides is 1. The highest BCUT2D eigenvalue weighted by Gasteiger charge is 2.73. The van der Waals surface area contributed by atoms with Gasteiger partial charge in [0.05, 0.1) is 48.4 Å². The van der Waals surface area contributed by atoms with Gasteiger partial charge in [-0.05, 0) is 51.1 Å². The van der Waals surface area contributed by atoms with Gasteiger partial charge in [-0.1, -0.05) is 43.3 Å². The molecule has 2 fully saturated rings. The molecular formula is C33H40N3O11P. The smallest absolute Gasteiger partial charge is 0.357 e. The van der Waals surface area contributed by atoms with Gasteiger partial charge in [0.15, 0.2) is 40.4 Å². The number of aliphatic hydroxyl groups is 2. The van der Waals surface area contributed by atoms with E-state index in [1.165, 1.54) is 31.1 Å². The summed E-state index contributed by atoms with van der Waals surface area (Å²) in [6.45, 7) is 5.00. The molecule has 0 spiro atoms. The van der Waals surface area contributed by atoms with E-state index in [-0.39, 0.29) is 30.0 Å². The number of carbonyl (C=O) groups excluding carboxylic acids is 5. The van der Waals surface area contributed by atoms with Gasteiger partial charge in [-0.3, -0.25) is 33.4 Å². The van der Waals surface area contributed by atoms with Crippen molar-refractivity contribution in [2.45, 2.75) is 50.2 Å². The lowest BCUT2D eigenvalue weighted by Crippen LogP contribution is -2.77. The lowest BCUT2D eigenvalue weighted by atomic mass is 9.49. The highest BCUT2D eigenvalue weighted by Crippen LogP contribution is 2.62. The van der Waals surface area contributed by atoms with Gasteiger partial charge in [0.25, 0.3) is 0 Å². The fourth-order valence-corrected chi connectivity index (χ4v) is 9.71. The Kier molecular flexibility index (Phi) is 9.56. The van der Waals surface area contributed by atoms with Crippen LogP contribution in [0.15, 0.2) is 42.5 Å². The number of Topliss-reactive ketones (excluding diaryl/α,β-unsaturated/α-hetero) is 4. The maximum absolute atomic E-state index is 14.3. The first-order chi connectivity index (χ1) is 22.6. The number of fused-ring (bicyclic) bond motifs is 3. The summed E-state index contributed by atoms with van der Waals surface area (Å²) in [5.41, 5.74) is 2.66. The van der Waals surface area contributed by atoms with Crippen LogP contribution >= 0.6 is 7.60 Å². The second-order valence-corrected chi connectivity index (χ2v) is 14.7. The number of aromatic hydroxyl groups is 1. The highest BCUT2D eigenvalue weighted by atomic mass is 31.2. The lowest BCUT2D eigenvalue weighted by molar-refractivity contribution is -0.196. The molecule has 6 N–H and O–H groups in total. The van der Waals surface area contributed by atoms with E-state index in [0.29, 0.717) is 5.56 Å². The molecule has 3 aliphatic rings. The Hall–Kier alpha value is -3.78. The van der Waals surface area contributed by atoms with Gasteiger partial charge in [-0.15, -0.1) is 0 Å². The number of likely N-dealkylation sites (N-methyl/N-ethyl adjacent to an activating group) is 1. The monoisotopic (exact) mass is 685 g/mol. The van der Waals surface area contributed by atoms with E-state index in [9.17, 15) is 43.9 Å². The maximum Gasteiger partial charge on any atom is 0.357 e. The number of aliphatic hydroxyl groups excluding tert-OH is 1. The molecular weight excluding hydrogens is 645 g/mol. The number of phenols is 1. The number of benzene rings is 2. The molecule has 5 rings (SSSR count). The quantitative estimate of drug-likeness (QED) is 0.137. The van der Waals surface area contributed by atoms with Crippen molar-refractivity contribution in [1.82, 2.24) is 4.90 Å². The SMILES string of the molecule is CCOP(=O)(OCC)C(Nc1ccc2c(c1O)C(=O)C1C(=O)[C@@]3(O)C(=O)C(C(N)=O)C(=O)[C@H](N(C)C)[C@H]3[C@H](O)[C@H]1[C@@H]2C)c1ccccc1. The maximum atomic E-state index is 14.3. The molecule has 2 saturated carbocycles. The van der Waals surface area contributed by atoms with Crippen molar-refractivity contribution in [2.75, 3.05) is 32.6 Å². The molecule has 0 aromatic heterocycles. The minimum absolute atomic E-state index is 0.0431. The predicted molar refractivity (Wildman–Crippen MR) is 171 cm³/mol. The Bertz CT molecular complexity index is 1710. The number of carbonyl (C=O) groups is 5. The van der Waals surface area contributed by atoms with E-state index >= 15 is 0 Å². The Morgan fingerprint density at radius 2 is 1.65 bits per heavy atom. The van der Waals surface area contributed by atoms with E-state index in [2.05, 4.69) is 5.32 Å². The number of rotatable bonds is 10. The zero-order valence-corrected chi connectivity index (χ0v) is 28.0. The molecule has 15 heteroatoms. The Morgan fingerprint density at radius 3 is 2.19 bits per heavy atom. The van der Waals surface area contributed by atoms with Crippen molar-refractivity contribution in [3.63, 3.8) is 0 Å². The van der Waals surface area contributed by atoms with E-state index in [4.69, 9.17) is 14.8 Å². The lowest BCUT2D eigenvalue weighted by Gasteiger charge is -2.56. The first-order valence-electron chi connectivity index (χ1n) is 15.7. The Labute approximate surface area is 277 Å². The molecule has 0 saturated heterocycles. The van der Waals surface area contributed by atoms with Crippen molar-refractivity contribution in [3.8, 4) is 5.75 Å². The zero-order chi connectivity index (χ0) is 35.5. The molecule has 14 nitrogen and oxygen atoms in total. The Balaban J connectivity index is 1.63. The largest absolute Gasteiger partial charge is 0.505 e. The summed E-state index contributed by atoms with van der Waals surface area (Å²) in [7, 11) is -1.08. The number of nitrogens with one attached hydrogen (secondary N) is 1. The van der Waals surface area contributed by atoms with Crippen LogP contribution in [-0.2, 0) is 32.8 Å². The van der Waals surface area contributed by atoms with Gasteiger partial charge >= 0.3 is 7.60 Å². The summed E-state index contributed by atoms with van der Waals surface area (Å²) in [5.74, 6) is -15.6. The molecule has 2 aromatic rings. The number of anilines is 1. The van der Waals surface area contributed by atoms with E-state index in [1.54, 1.807) is 51.1 Å². The normalized spacial score (nSPS) is 30.8. The molecule has 258 valence electrons. The van der Waals surface area contributed by atoms with E-state index in [0.717, 1.165) is 0 Å². The average Bonchev–Trinajstić information content (AvgIpc) is 3.02. The van der Waals surface area contributed by atoms with Crippen LogP contribution in [0.25, 0.3) is 0 Å². The standard InChI is InChI=1S/C33H40N3O11P/c1-6-46-48(45,47-7-2)32(16-11-9-8-10-12-16)35-18-14-13-17-15(3)19-21(26(38)20(17)25(18)37)29(41)33(44)23(27(19)39)24(36(4)5)28(40)22(30(33)42)31(34)43/h8-15,19,21-24,27,32,35,37,39,44H,6-7H2,1-5H3,(H2,34,43)/t15-,19+,21?,22?,23+,24-,27-,32?,33-/m1/s1. The van der Waals surface area contributed by atoms with Gasteiger partial charge < -0.3 is 35.4 Å². The van der Waals surface area contributed by atoms with Crippen molar-refractivity contribution < 1.29 is 52.9 Å². The van der Waals surface area contributed by atoms with Crippen LogP contribution in [0.5, 0.6) is 5.75 Å². The third-order valence-electron chi connectivity index (χ3n) is 9.83. The number of hydrogen-bond acceptors (Lipinski definition) is 13. The zero-order valence-electron chi connectivity index (χ0n) is 27.2. The fourth-order valence-electron chi connectivity index (χ4n) is 7.78. The van der Waals surface area contributed by atoms with Gasteiger partial charge in [-0.2, -0.15) is 0 Å². The topological polar surface area (TPSA) is 223 Å². The molecule has 0 aliphatic heterocycles. The fraction of sp³-hybridized carbons (Fsp3) is 0.485. The first-order valence-corrected chi connectivity index (χ1v) is 17.3. The number of hydrogen-bond donors (Lipinski definition) is 5. The Morgan fingerprint density at radius 1 is 1.04 bits per heavy atom. The molecule has 3 unspecified atom stereocenters. The summed E-state index contributed by atoms with van der Waals surface area (Å²) in [4.78, 5) is 69.1. The van der Waals surface area contributed by atoms with Crippen LogP contribution in [0, 0.1) is 23.7 Å². The first kappa shape index (κ1) is 35.5. The van der Waals surface area contributed by atoms with Crippen LogP contribution < -0.4 is 11.1 Å². The molecule has 3 aliphatic carbocycles. The third kappa shape index (κ3) is 5.22. The van der Waals surface area contributed by atoms with Gasteiger partial charge in [0.1, 0.15) is 5.75 Å². The van der Waals surface area contributed by atoms with Crippen LogP contribution in [-0.4, -0.2) is 94.3 Å². The van der Waals surface area contributed by atoms with Crippen molar-refractivity contribution >= 4 is 42.3 Å². The van der Waals surface area contributed by atoms with Crippen molar-refractivity contribution in [3.05, 3.63) is 59.2 Å². The van der Waals surface area contributed by atoms with Gasteiger partial charge in [0.2, 0.25) is 5.91 Å². The molecule has 2 aromatic carbocycles. The van der Waals surface area contributed by atoms with Gasteiger partial charge in [0, 0.05) is 5.92 Å². The molecule has 0 bridgehead atoms. The van der Waals surface area contributed by atoms with Gasteiger partial charge in [-0.25, -0.2) is 0 Å².